The maximum atomic E-state index is 11.1. The third-order valence-corrected chi connectivity index (χ3v) is 2.02. The summed E-state index contributed by atoms with van der Waals surface area (Å²) < 4.78 is 5.03. The van der Waals surface area contributed by atoms with Crippen LogP contribution in [0.2, 0.25) is 0 Å². The first-order valence-corrected chi connectivity index (χ1v) is 4.11. The van der Waals surface area contributed by atoms with Crippen LogP contribution in [0.15, 0.2) is 17.2 Å². The van der Waals surface area contributed by atoms with Crippen molar-refractivity contribution in [1.29, 1.82) is 0 Å². The minimum Gasteiger partial charge on any atom is -0.481 e. The molecule has 2 heterocycles. The van der Waals surface area contributed by atoms with Crippen LogP contribution in [0.5, 0.6) is 5.88 Å². The van der Waals surface area contributed by atoms with Crippen LogP contribution in [0.4, 0.5) is 0 Å². The van der Waals surface area contributed by atoms with E-state index in [0.717, 1.165) is 5.46 Å². The maximum Gasteiger partial charge on any atom is 0.266 e. The van der Waals surface area contributed by atoms with Gasteiger partial charge < -0.3 is 9.72 Å². The number of fused-ring (bicyclic) bond motifs is 1. The normalized spacial score (nSPS) is 10.4. The van der Waals surface area contributed by atoms with E-state index in [0.29, 0.717) is 16.9 Å². The molecule has 0 aliphatic carbocycles. The summed E-state index contributed by atoms with van der Waals surface area (Å²) in [6.07, 6.45) is 2.80. The van der Waals surface area contributed by atoms with Gasteiger partial charge in [-0.15, -0.1) is 0 Å². The van der Waals surface area contributed by atoms with Crippen molar-refractivity contribution in [1.82, 2.24) is 15.0 Å². The number of H-pyrrole nitrogens is 1. The molecule has 5 nitrogen and oxygen atoms in total. The van der Waals surface area contributed by atoms with Crippen LogP contribution < -0.4 is 15.8 Å². The molecule has 0 unspecified atom stereocenters. The number of hydrogen-bond acceptors (Lipinski definition) is 4. The molecule has 6 heteroatoms. The van der Waals surface area contributed by atoms with Crippen molar-refractivity contribution < 1.29 is 4.74 Å². The average Bonchev–Trinajstić information content (AvgIpc) is 2.20. The zero-order valence-corrected chi connectivity index (χ0v) is 7.87. The summed E-state index contributed by atoms with van der Waals surface area (Å²) in [5.41, 5.74) is 1.89. The third kappa shape index (κ3) is 1.24. The number of hydrogen-bond donors (Lipinski definition) is 1. The van der Waals surface area contributed by atoms with Gasteiger partial charge >= 0.3 is 0 Å². The number of nitrogens with zero attached hydrogens (tertiary/aromatic N) is 2. The highest BCUT2D eigenvalue weighted by Crippen LogP contribution is 2.07. The number of rotatable bonds is 1. The minimum atomic E-state index is -0.228. The number of pyridine rings is 1. The molecule has 0 bridgehead atoms. The Labute approximate surface area is 80.6 Å². The average molecular weight is 189 g/mol. The maximum absolute atomic E-state index is 11.1. The van der Waals surface area contributed by atoms with Crippen molar-refractivity contribution >= 4 is 24.3 Å². The molecule has 0 aliphatic rings. The molecule has 0 saturated heterocycles. The zero-order chi connectivity index (χ0) is 10.1. The van der Waals surface area contributed by atoms with Crippen LogP contribution in [0.1, 0.15) is 0 Å². The summed E-state index contributed by atoms with van der Waals surface area (Å²) in [5.74, 6) is 0.501. The summed E-state index contributed by atoms with van der Waals surface area (Å²) in [7, 11) is 3.36. The monoisotopic (exact) mass is 189 g/mol. The van der Waals surface area contributed by atoms with E-state index in [1.165, 1.54) is 13.3 Å². The van der Waals surface area contributed by atoms with E-state index in [4.69, 9.17) is 4.74 Å². The predicted molar refractivity (Wildman–Crippen MR) is 54.9 cm³/mol. The van der Waals surface area contributed by atoms with Gasteiger partial charge in [0, 0.05) is 0 Å². The lowest BCUT2D eigenvalue weighted by Crippen LogP contribution is -2.16. The molecule has 0 amide bonds. The fourth-order valence-corrected chi connectivity index (χ4v) is 1.33. The molecular formula is C8H8BN3O2. The molecule has 0 atom stereocenters. The standard InChI is InChI=1S/C8H8BN3O2/c1-14-8-6(9)7-4(2-11-8)10-3-5(13)12-7/h2-3H,9H2,1H3,(H,12,13). The summed E-state index contributed by atoms with van der Waals surface area (Å²) >= 11 is 0. The quantitative estimate of drug-likeness (QED) is 0.559. The van der Waals surface area contributed by atoms with E-state index in [-0.39, 0.29) is 5.56 Å². The van der Waals surface area contributed by atoms with Gasteiger partial charge in [0.05, 0.1) is 25.0 Å². The number of aromatic amines is 1. The van der Waals surface area contributed by atoms with Crippen molar-refractivity contribution in [3.05, 3.63) is 22.7 Å². The van der Waals surface area contributed by atoms with Gasteiger partial charge in [0.1, 0.15) is 13.4 Å². The van der Waals surface area contributed by atoms with E-state index in [2.05, 4.69) is 15.0 Å². The molecule has 70 valence electrons. The Balaban J connectivity index is 2.86. The second-order valence-corrected chi connectivity index (χ2v) is 2.90. The fourth-order valence-electron chi connectivity index (χ4n) is 1.33. The van der Waals surface area contributed by atoms with Gasteiger partial charge in [-0.2, -0.15) is 0 Å². The highest BCUT2D eigenvalue weighted by Gasteiger charge is 2.05. The molecule has 2 aromatic heterocycles. The third-order valence-electron chi connectivity index (χ3n) is 2.02. The van der Waals surface area contributed by atoms with Gasteiger partial charge in [-0.1, -0.05) is 0 Å². The van der Waals surface area contributed by atoms with Crippen LogP contribution in [0, 0.1) is 0 Å². The number of nitrogens with one attached hydrogen (secondary N) is 1. The highest BCUT2D eigenvalue weighted by molar-refractivity contribution is 6.39. The molecular weight excluding hydrogens is 181 g/mol. The van der Waals surface area contributed by atoms with Gasteiger partial charge in [-0.3, -0.25) is 4.79 Å². The second kappa shape index (κ2) is 3.14. The number of methoxy groups -OCH3 is 1. The predicted octanol–water partition coefficient (Wildman–Crippen LogP) is -1.41. The Morgan fingerprint density at radius 1 is 1.43 bits per heavy atom. The van der Waals surface area contributed by atoms with Crippen molar-refractivity contribution in [3.8, 4) is 5.88 Å². The lowest BCUT2D eigenvalue weighted by molar-refractivity contribution is 0.402. The fraction of sp³-hybridized carbons (Fsp3) is 0.125. The van der Waals surface area contributed by atoms with E-state index < -0.39 is 0 Å². The van der Waals surface area contributed by atoms with Crippen LogP contribution in [0.25, 0.3) is 11.0 Å². The lowest BCUT2D eigenvalue weighted by atomic mass is 9.96. The van der Waals surface area contributed by atoms with Crippen molar-refractivity contribution in [2.24, 2.45) is 0 Å². The van der Waals surface area contributed by atoms with E-state index in [1.807, 2.05) is 7.85 Å². The van der Waals surface area contributed by atoms with Crippen LogP contribution >= 0.6 is 0 Å². The first kappa shape index (κ1) is 8.74. The molecule has 0 aliphatic heterocycles. The molecule has 0 radical (unpaired) electrons. The molecule has 1 N–H and O–H groups in total. The van der Waals surface area contributed by atoms with E-state index in [1.54, 1.807) is 6.20 Å². The van der Waals surface area contributed by atoms with Crippen LogP contribution in [0.3, 0.4) is 0 Å². The first-order chi connectivity index (χ1) is 6.72. The Morgan fingerprint density at radius 2 is 2.21 bits per heavy atom. The largest absolute Gasteiger partial charge is 0.481 e. The summed E-state index contributed by atoms with van der Waals surface area (Å²) in [6.45, 7) is 0. The second-order valence-electron chi connectivity index (χ2n) is 2.90. The van der Waals surface area contributed by atoms with Crippen molar-refractivity contribution in [3.63, 3.8) is 0 Å². The highest BCUT2D eigenvalue weighted by atomic mass is 16.5. The minimum absolute atomic E-state index is 0.228. The van der Waals surface area contributed by atoms with Crippen molar-refractivity contribution in [2.75, 3.05) is 7.11 Å². The Bertz CT molecular complexity index is 538. The number of aromatic nitrogens is 3. The van der Waals surface area contributed by atoms with E-state index in [9.17, 15) is 4.79 Å². The Morgan fingerprint density at radius 3 is 2.93 bits per heavy atom. The van der Waals surface area contributed by atoms with Crippen LogP contribution in [-0.4, -0.2) is 29.9 Å². The first-order valence-electron chi connectivity index (χ1n) is 4.11. The van der Waals surface area contributed by atoms with Gasteiger partial charge in [-0.05, 0) is 5.46 Å². The number of ether oxygens (including phenoxy) is 1. The van der Waals surface area contributed by atoms with E-state index >= 15 is 0 Å². The molecule has 0 saturated carbocycles. The molecule has 2 aromatic rings. The summed E-state index contributed by atoms with van der Waals surface area (Å²) in [4.78, 5) is 21.8. The summed E-state index contributed by atoms with van der Waals surface area (Å²) in [5, 5.41) is 0. The van der Waals surface area contributed by atoms with Gasteiger partial charge in [0.2, 0.25) is 5.88 Å². The smallest absolute Gasteiger partial charge is 0.266 e. The SMILES string of the molecule is Bc1c(OC)ncc2ncc(=O)[nH]c12. The Kier molecular flexibility index (Phi) is 1.96. The topological polar surface area (TPSA) is 67.9 Å². The van der Waals surface area contributed by atoms with Gasteiger partial charge in [-0.25, -0.2) is 9.97 Å². The molecule has 2 rings (SSSR count). The molecule has 0 spiro atoms. The summed E-state index contributed by atoms with van der Waals surface area (Å²) in [6, 6.07) is 0. The Hall–Kier alpha value is -1.85. The molecule has 0 aromatic carbocycles. The zero-order valence-electron chi connectivity index (χ0n) is 7.87. The van der Waals surface area contributed by atoms with Gasteiger partial charge in [0.15, 0.2) is 0 Å². The van der Waals surface area contributed by atoms with Gasteiger partial charge in [0.25, 0.3) is 5.56 Å². The molecule has 14 heavy (non-hydrogen) atoms. The van der Waals surface area contributed by atoms with Crippen molar-refractivity contribution in [2.45, 2.75) is 0 Å². The van der Waals surface area contributed by atoms with Crippen LogP contribution in [-0.2, 0) is 0 Å². The lowest BCUT2D eigenvalue weighted by Gasteiger charge is -2.05. The molecule has 0 fully saturated rings.